The number of aromatic nitrogens is 2. The molecule has 0 aliphatic carbocycles. The molecule has 0 bridgehead atoms. The maximum absolute atomic E-state index is 13.0. The fourth-order valence-corrected chi connectivity index (χ4v) is 2.79. The Balaban J connectivity index is 1.95. The molecule has 0 radical (unpaired) electrons. The van der Waals surface area contributed by atoms with Crippen molar-refractivity contribution in [1.82, 2.24) is 9.97 Å². The molecular weight excluding hydrogens is 393 g/mol. The first-order chi connectivity index (χ1) is 13.3. The van der Waals surface area contributed by atoms with Crippen LogP contribution in [-0.4, -0.2) is 18.7 Å². The summed E-state index contributed by atoms with van der Waals surface area (Å²) in [6.45, 7) is 0.166. The van der Waals surface area contributed by atoms with Crippen molar-refractivity contribution in [2.24, 2.45) is 0 Å². The lowest BCUT2D eigenvalue weighted by Gasteiger charge is -2.12. The predicted molar refractivity (Wildman–Crippen MR) is 95.9 cm³/mol. The van der Waals surface area contributed by atoms with Crippen molar-refractivity contribution in [3.63, 3.8) is 0 Å². The molecule has 146 valence electrons. The zero-order valence-electron chi connectivity index (χ0n) is 14.3. The maximum atomic E-state index is 13.0. The van der Waals surface area contributed by atoms with Crippen LogP contribution in [0.2, 0.25) is 0 Å². The molecule has 0 spiro atoms. The number of ether oxygens (including phenoxy) is 1. The second-order valence-electron chi connectivity index (χ2n) is 5.81. The number of hydrogen-bond acceptors (Lipinski definition) is 5. The molecule has 2 aromatic carbocycles. The van der Waals surface area contributed by atoms with Crippen molar-refractivity contribution < 1.29 is 26.7 Å². The number of alkyl halides is 3. The van der Waals surface area contributed by atoms with Crippen molar-refractivity contribution in [1.29, 1.82) is 0 Å². The van der Waals surface area contributed by atoms with Gasteiger partial charge in [0.25, 0.3) is 0 Å². The highest BCUT2D eigenvalue weighted by Gasteiger charge is 2.30. The summed E-state index contributed by atoms with van der Waals surface area (Å²) in [5.74, 6) is -0.466. The molecule has 5 nitrogen and oxygen atoms in total. The first-order valence-corrected chi connectivity index (χ1v) is 9.34. The summed E-state index contributed by atoms with van der Waals surface area (Å²) in [4.78, 5) is 8.11. The van der Waals surface area contributed by atoms with Crippen LogP contribution in [0, 0.1) is 0 Å². The van der Waals surface area contributed by atoms with E-state index in [0.717, 1.165) is 17.7 Å². The number of hydrogen-bond donors (Lipinski definition) is 0. The smallest absolute Gasteiger partial charge is 0.416 e. The third-order valence-electron chi connectivity index (χ3n) is 3.71. The van der Waals surface area contributed by atoms with Crippen LogP contribution >= 0.6 is 0 Å². The zero-order chi connectivity index (χ0) is 20.1. The van der Waals surface area contributed by atoms with Crippen LogP contribution in [0.25, 0.3) is 11.3 Å². The monoisotopic (exact) mass is 407 g/mol. The van der Waals surface area contributed by atoms with Gasteiger partial charge in [-0.05, 0) is 28.8 Å². The number of nitrogens with zero attached hydrogens (tertiary/aromatic N) is 2. The lowest BCUT2D eigenvalue weighted by atomic mass is 10.1. The Morgan fingerprint density at radius 1 is 1.00 bits per heavy atom. The van der Waals surface area contributed by atoms with Gasteiger partial charge in [0.05, 0.1) is 17.0 Å². The normalized spacial score (nSPS) is 12.6. The fourth-order valence-electron chi connectivity index (χ4n) is 2.45. The molecule has 1 aromatic heterocycles. The summed E-state index contributed by atoms with van der Waals surface area (Å²) in [5, 5.41) is 0. The van der Waals surface area contributed by atoms with Gasteiger partial charge in [0.2, 0.25) is 5.88 Å². The molecule has 0 amide bonds. The quantitative estimate of drug-likeness (QED) is 0.575. The molecule has 0 saturated heterocycles. The van der Waals surface area contributed by atoms with Gasteiger partial charge in [0, 0.05) is 11.6 Å². The molecular formula is C19H14F3N2O3S-. The van der Waals surface area contributed by atoms with E-state index in [-0.39, 0.29) is 29.6 Å². The summed E-state index contributed by atoms with van der Waals surface area (Å²) in [5.41, 5.74) is 0.351. The number of benzene rings is 2. The van der Waals surface area contributed by atoms with E-state index in [1.165, 1.54) is 18.2 Å². The number of halogens is 3. The second kappa shape index (κ2) is 8.49. The van der Waals surface area contributed by atoms with Gasteiger partial charge in [-0.25, -0.2) is 4.98 Å². The molecule has 3 aromatic rings. The molecule has 9 heteroatoms. The second-order valence-corrected chi connectivity index (χ2v) is 6.70. The first-order valence-electron chi connectivity index (χ1n) is 8.09. The molecule has 28 heavy (non-hydrogen) atoms. The summed E-state index contributed by atoms with van der Waals surface area (Å²) in [7, 11) is 0. The van der Waals surface area contributed by atoms with Crippen molar-refractivity contribution in [2.45, 2.75) is 18.5 Å². The van der Waals surface area contributed by atoms with E-state index in [0.29, 0.717) is 0 Å². The summed E-state index contributed by atoms with van der Waals surface area (Å²) >= 11 is -2.46. The Morgan fingerprint density at radius 2 is 1.75 bits per heavy atom. The molecule has 0 aliphatic heterocycles. The predicted octanol–water partition coefficient (Wildman–Crippen LogP) is 4.12. The topological polar surface area (TPSA) is 75.1 Å². The van der Waals surface area contributed by atoms with Crippen LogP contribution in [0.4, 0.5) is 13.2 Å². The van der Waals surface area contributed by atoms with E-state index in [9.17, 15) is 21.9 Å². The Bertz CT molecular complexity index is 982. The minimum Gasteiger partial charge on any atom is -0.772 e. The summed E-state index contributed by atoms with van der Waals surface area (Å²) in [6.07, 6.45) is -4.50. The number of rotatable bonds is 6. The van der Waals surface area contributed by atoms with E-state index >= 15 is 0 Å². The van der Waals surface area contributed by atoms with Crippen molar-refractivity contribution in [2.75, 3.05) is 0 Å². The SMILES string of the molecule is O=S([O-])Cc1nc(OCc2ccccc2)cc(-c2cccc(C(F)(F)F)c2)n1. The Kier molecular flexibility index (Phi) is 6.05. The highest BCUT2D eigenvalue weighted by molar-refractivity contribution is 7.78. The molecule has 1 heterocycles. The molecule has 0 N–H and O–H groups in total. The van der Waals surface area contributed by atoms with Gasteiger partial charge in [-0.1, -0.05) is 42.5 Å². The van der Waals surface area contributed by atoms with Crippen LogP contribution in [-0.2, 0) is 29.6 Å². The zero-order valence-corrected chi connectivity index (χ0v) is 15.2. The van der Waals surface area contributed by atoms with E-state index in [4.69, 9.17) is 4.74 Å². The largest absolute Gasteiger partial charge is 0.772 e. The van der Waals surface area contributed by atoms with E-state index < -0.39 is 28.6 Å². The highest BCUT2D eigenvalue weighted by atomic mass is 32.2. The van der Waals surface area contributed by atoms with Crippen LogP contribution < -0.4 is 4.74 Å². The molecule has 1 unspecified atom stereocenters. The highest BCUT2D eigenvalue weighted by Crippen LogP contribution is 2.32. The van der Waals surface area contributed by atoms with Gasteiger partial charge in [-0.15, -0.1) is 0 Å². The first kappa shape index (κ1) is 20.0. The Hall–Kier alpha value is -2.78. The van der Waals surface area contributed by atoms with Crippen molar-refractivity contribution in [3.8, 4) is 17.1 Å². The minimum atomic E-state index is -4.50. The molecule has 0 fully saturated rings. The van der Waals surface area contributed by atoms with Crippen LogP contribution in [0.1, 0.15) is 17.0 Å². The van der Waals surface area contributed by atoms with Gasteiger partial charge in [-0.3, -0.25) is 4.21 Å². The third kappa shape index (κ3) is 5.37. The van der Waals surface area contributed by atoms with Crippen molar-refractivity contribution in [3.05, 3.63) is 77.6 Å². The van der Waals surface area contributed by atoms with Gasteiger partial charge >= 0.3 is 6.18 Å². The van der Waals surface area contributed by atoms with Crippen molar-refractivity contribution >= 4 is 11.1 Å². The minimum absolute atomic E-state index is 0.0636. The molecule has 0 saturated carbocycles. The maximum Gasteiger partial charge on any atom is 0.416 e. The van der Waals surface area contributed by atoms with Crippen LogP contribution in [0.3, 0.4) is 0 Å². The lowest BCUT2D eigenvalue weighted by molar-refractivity contribution is -0.137. The Labute approximate surface area is 161 Å². The van der Waals surface area contributed by atoms with Gasteiger partial charge < -0.3 is 9.29 Å². The van der Waals surface area contributed by atoms with E-state index in [1.54, 1.807) is 0 Å². The van der Waals surface area contributed by atoms with Gasteiger partial charge in [-0.2, -0.15) is 18.2 Å². The summed E-state index contributed by atoms with van der Waals surface area (Å²) in [6, 6.07) is 15.2. The van der Waals surface area contributed by atoms with Gasteiger partial charge in [0.1, 0.15) is 12.4 Å². The summed E-state index contributed by atoms with van der Waals surface area (Å²) < 4.78 is 66.6. The van der Waals surface area contributed by atoms with E-state index in [1.807, 2.05) is 30.3 Å². The van der Waals surface area contributed by atoms with Gasteiger partial charge in [0.15, 0.2) is 0 Å². The fraction of sp³-hybridized carbons (Fsp3) is 0.158. The molecule has 3 rings (SSSR count). The molecule has 0 aliphatic rings. The average Bonchev–Trinajstić information content (AvgIpc) is 2.66. The van der Waals surface area contributed by atoms with E-state index in [2.05, 4.69) is 9.97 Å². The van der Waals surface area contributed by atoms with Crippen LogP contribution in [0.15, 0.2) is 60.7 Å². The third-order valence-corrected chi connectivity index (χ3v) is 4.21. The lowest BCUT2D eigenvalue weighted by Crippen LogP contribution is -2.06. The Morgan fingerprint density at radius 3 is 2.43 bits per heavy atom. The average molecular weight is 407 g/mol. The molecule has 1 atom stereocenters. The van der Waals surface area contributed by atoms with Crippen LogP contribution in [0.5, 0.6) is 5.88 Å². The standard InChI is InChI=1S/C19H15F3N2O3S/c20-19(21,22)15-8-4-7-14(9-15)16-10-18(24-17(23-16)12-28(25)26)27-11-13-5-2-1-3-6-13/h1-10H,11-12H2,(H,25,26)/p-1.